The van der Waals surface area contributed by atoms with E-state index in [2.05, 4.69) is 54.0 Å². The Bertz CT molecular complexity index is 537. The quantitative estimate of drug-likeness (QED) is 0.715. The Labute approximate surface area is 133 Å². The SMILES string of the molecule is CC(C)Oc1ccc(NCCNC(C)c2ccccc2)cc1. The first kappa shape index (κ1) is 16.4. The molecule has 22 heavy (non-hydrogen) atoms. The molecule has 0 aromatic heterocycles. The van der Waals surface area contributed by atoms with Gasteiger partial charge in [-0.3, -0.25) is 0 Å². The Balaban J connectivity index is 1.70. The summed E-state index contributed by atoms with van der Waals surface area (Å²) in [5.74, 6) is 0.913. The van der Waals surface area contributed by atoms with Crippen LogP contribution in [-0.4, -0.2) is 19.2 Å². The molecule has 0 fully saturated rings. The largest absolute Gasteiger partial charge is 0.491 e. The van der Waals surface area contributed by atoms with E-state index in [1.165, 1.54) is 5.56 Å². The third kappa shape index (κ3) is 5.41. The lowest BCUT2D eigenvalue weighted by Gasteiger charge is -2.15. The number of hydrogen-bond donors (Lipinski definition) is 2. The number of nitrogens with one attached hydrogen (secondary N) is 2. The zero-order valence-electron chi connectivity index (χ0n) is 13.7. The summed E-state index contributed by atoms with van der Waals surface area (Å²) in [5.41, 5.74) is 2.43. The van der Waals surface area contributed by atoms with E-state index in [-0.39, 0.29) is 6.10 Å². The van der Waals surface area contributed by atoms with Crippen LogP contribution < -0.4 is 15.4 Å². The van der Waals surface area contributed by atoms with Crippen molar-refractivity contribution in [3.8, 4) is 5.75 Å². The summed E-state index contributed by atoms with van der Waals surface area (Å²) in [5, 5.41) is 6.93. The van der Waals surface area contributed by atoms with Crippen LogP contribution in [0.2, 0.25) is 0 Å². The molecule has 2 N–H and O–H groups in total. The molecule has 0 heterocycles. The minimum atomic E-state index is 0.211. The minimum absolute atomic E-state index is 0.211. The molecule has 3 nitrogen and oxygen atoms in total. The molecule has 0 aliphatic carbocycles. The van der Waals surface area contributed by atoms with Crippen LogP contribution in [0.15, 0.2) is 54.6 Å². The van der Waals surface area contributed by atoms with Gasteiger partial charge in [0.25, 0.3) is 0 Å². The maximum atomic E-state index is 5.64. The van der Waals surface area contributed by atoms with Gasteiger partial charge in [-0.25, -0.2) is 0 Å². The number of rotatable bonds is 8. The zero-order chi connectivity index (χ0) is 15.8. The molecular weight excluding hydrogens is 272 g/mol. The molecule has 0 spiro atoms. The molecule has 2 rings (SSSR count). The number of anilines is 1. The first-order valence-corrected chi connectivity index (χ1v) is 7.94. The zero-order valence-corrected chi connectivity index (χ0v) is 13.7. The molecule has 0 aliphatic heterocycles. The molecule has 118 valence electrons. The summed E-state index contributed by atoms with van der Waals surface area (Å²) in [6, 6.07) is 19.0. The maximum Gasteiger partial charge on any atom is 0.119 e. The summed E-state index contributed by atoms with van der Waals surface area (Å²) in [6.07, 6.45) is 0.211. The van der Waals surface area contributed by atoms with Crippen LogP contribution >= 0.6 is 0 Å². The van der Waals surface area contributed by atoms with Crippen LogP contribution in [0.5, 0.6) is 5.75 Å². The van der Waals surface area contributed by atoms with E-state index in [1.807, 2.05) is 32.0 Å². The fraction of sp³-hybridized carbons (Fsp3) is 0.368. The van der Waals surface area contributed by atoms with E-state index in [1.54, 1.807) is 0 Å². The standard InChI is InChI=1S/C19H26N2O/c1-15(2)22-19-11-9-18(10-12-19)21-14-13-20-16(3)17-7-5-4-6-8-17/h4-12,15-16,20-21H,13-14H2,1-3H3. The molecule has 0 amide bonds. The molecule has 0 aliphatic rings. The highest BCUT2D eigenvalue weighted by atomic mass is 16.5. The predicted octanol–water partition coefficient (Wildman–Crippen LogP) is 4.24. The molecular formula is C19H26N2O. The fourth-order valence-corrected chi connectivity index (χ4v) is 2.28. The molecule has 2 aromatic carbocycles. The third-order valence-corrected chi connectivity index (χ3v) is 3.43. The highest BCUT2D eigenvalue weighted by Crippen LogP contribution is 2.16. The van der Waals surface area contributed by atoms with Crippen molar-refractivity contribution in [1.29, 1.82) is 0 Å². The van der Waals surface area contributed by atoms with Gasteiger partial charge in [0.2, 0.25) is 0 Å². The Hall–Kier alpha value is -2.00. The van der Waals surface area contributed by atoms with E-state index >= 15 is 0 Å². The van der Waals surface area contributed by atoms with Gasteiger partial charge in [0.1, 0.15) is 5.75 Å². The van der Waals surface area contributed by atoms with Crippen LogP contribution in [0, 0.1) is 0 Å². The molecule has 0 saturated heterocycles. The minimum Gasteiger partial charge on any atom is -0.491 e. The van der Waals surface area contributed by atoms with Crippen molar-refractivity contribution in [1.82, 2.24) is 5.32 Å². The van der Waals surface area contributed by atoms with E-state index < -0.39 is 0 Å². The number of hydrogen-bond acceptors (Lipinski definition) is 3. The van der Waals surface area contributed by atoms with Crippen LogP contribution in [0.4, 0.5) is 5.69 Å². The lowest BCUT2D eigenvalue weighted by molar-refractivity contribution is 0.242. The Morgan fingerprint density at radius 1 is 0.864 bits per heavy atom. The van der Waals surface area contributed by atoms with Crippen molar-refractivity contribution in [2.24, 2.45) is 0 Å². The van der Waals surface area contributed by atoms with Gasteiger partial charge in [0.05, 0.1) is 6.10 Å². The van der Waals surface area contributed by atoms with Gasteiger partial charge in [-0.1, -0.05) is 30.3 Å². The van der Waals surface area contributed by atoms with Gasteiger partial charge in [-0.05, 0) is 50.6 Å². The highest BCUT2D eigenvalue weighted by molar-refractivity contribution is 5.46. The average Bonchev–Trinajstić information content (AvgIpc) is 2.53. The summed E-state index contributed by atoms with van der Waals surface area (Å²) < 4.78 is 5.64. The summed E-state index contributed by atoms with van der Waals surface area (Å²) in [4.78, 5) is 0. The summed E-state index contributed by atoms with van der Waals surface area (Å²) >= 11 is 0. The molecule has 1 atom stereocenters. The number of ether oxygens (including phenoxy) is 1. The van der Waals surface area contributed by atoms with Crippen LogP contribution in [0.1, 0.15) is 32.4 Å². The van der Waals surface area contributed by atoms with E-state index in [9.17, 15) is 0 Å². The van der Waals surface area contributed by atoms with Crippen molar-refractivity contribution < 1.29 is 4.74 Å². The molecule has 0 radical (unpaired) electrons. The van der Waals surface area contributed by atoms with Crippen LogP contribution in [0.25, 0.3) is 0 Å². The van der Waals surface area contributed by atoms with Crippen LogP contribution in [-0.2, 0) is 0 Å². The van der Waals surface area contributed by atoms with Crippen molar-refractivity contribution in [2.75, 3.05) is 18.4 Å². The average molecular weight is 298 g/mol. The smallest absolute Gasteiger partial charge is 0.119 e. The first-order valence-electron chi connectivity index (χ1n) is 7.94. The topological polar surface area (TPSA) is 33.3 Å². The monoisotopic (exact) mass is 298 g/mol. The summed E-state index contributed by atoms with van der Waals surface area (Å²) in [6.45, 7) is 8.06. The van der Waals surface area contributed by atoms with Crippen molar-refractivity contribution >= 4 is 5.69 Å². The highest BCUT2D eigenvalue weighted by Gasteiger charge is 2.03. The van der Waals surface area contributed by atoms with Crippen molar-refractivity contribution in [3.05, 3.63) is 60.2 Å². The van der Waals surface area contributed by atoms with E-state index in [0.717, 1.165) is 24.5 Å². The predicted molar refractivity (Wildman–Crippen MR) is 93.6 cm³/mol. The lowest BCUT2D eigenvalue weighted by Crippen LogP contribution is -2.25. The van der Waals surface area contributed by atoms with Crippen LogP contribution in [0.3, 0.4) is 0 Å². The Morgan fingerprint density at radius 2 is 1.55 bits per heavy atom. The maximum absolute atomic E-state index is 5.64. The van der Waals surface area contributed by atoms with Gasteiger partial charge in [0, 0.05) is 24.8 Å². The number of benzene rings is 2. The Morgan fingerprint density at radius 3 is 2.18 bits per heavy atom. The first-order chi connectivity index (χ1) is 10.6. The van der Waals surface area contributed by atoms with Gasteiger partial charge >= 0.3 is 0 Å². The second-order valence-electron chi connectivity index (χ2n) is 5.70. The van der Waals surface area contributed by atoms with E-state index in [4.69, 9.17) is 4.74 Å². The summed E-state index contributed by atoms with van der Waals surface area (Å²) in [7, 11) is 0. The van der Waals surface area contributed by atoms with E-state index in [0.29, 0.717) is 6.04 Å². The molecule has 0 saturated carbocycles. The molecule has 2 aromatic rings. The van der Waals surface area contributed by atoms with Gasteiger partial charge < -0.3 is 15.4 Å². The van der Waals surface area contributed by atoms with Gasteiger partial charge in [-0.15, -0.1) is 0 Å². The van der Waals surface area contributed by atoms with Crippen molar-refractivity contribution in [2.45, 2.75) is 32.9 Å². The molecule has 3 heteroatoms. The van der Waals surface area contributed by atoms with Gasteiger partial charge in [-0.2, -0.15) is 0 Å². The van der Waals surface area contributed by atoms with Crippen molar-refractivity contribution in [3.63, 3.8) is 0 Å². The second-order valence-corrected chi connectivity index (χ2v) is 5.70. The normalized spacial score (nSPS) is 12.2. The third-order valence-electron chi connectivity index (χ3n) is 3.43. The van der Waals surface area contributed by atoms with Gasteiger partial charge in [0.15, 0.2) is 0 Å². The fourth-order valence-electron chi connectivity index (χ4n) is 2.28. The lowest BCUT2D eigenvalue weighted by atomic mass is 10.1. The molecule has 0 bridgehead atoms. The molecule has 1 unspecified atom stereocenters. The second kappa shape index (κ2) is 8.44. The Kier molecular flexibility index (Phi) is 6.28.